The highest BCUT2D eigenvalue weighted by molar-refractivity contribution is 6.30. The molecule has 0 saturated carbocycles. The highest BCUT2D eigenvalue weighted by Crippen LogP contribution is 2.17. The molecule has 1 aliphatic heterocycles. The number of piperidine rings is 1. The molecule has 1 heterocycles. The highest BCUT2D eigenvalue weighted by atomic mass is 35.5. The van der Waals surface area contributed by atoms with Crippen LogP contribution in [0.25, 0.3) is 0 Å². The second kappa shape index (κ2) is 10.9. The summed E-state index contributed by atoms with van der Waals surface area (Å²) in [5.41, 5.74) is 0. The number of phenolic OH excluding ortho intramolecular Hbond substituents is 1. The van der Waals surface area contributed by atoms with Gasteiger partial charge in [-0.2, -0.15) is 0 Å². The molecule has 6 nitrogen and oxygen atoms in total. The molecule has 2 N–H and O–H groups in total. The number of hydrogen-bond acceptors (Lipinski definition) is 5. The van der Waals surface area contributed by atoms with Crippen LogP contribution in [-0.2, 0) is 4.79 Å². The van der Waals surface area contributed by atoms with Crippen LogP contribution in [0.1, 0.15) is 19.3 Å². The number of aromatic hydroxyl groups is 1. The summed E-state index contributed by atoms with van der Waals surface area (Å²) in [7, 11) is 0. The minimum atomic E-state index is -0.118. The van der Waals surface area contributed by atoms with Gasteiger partial charge in [-0.3, -0.25) is 4.79 Å². The summed E-state index contributed by atoms with van der Waals surface area (Å²) < 4.78 is 11.2. The maximum atomic E-state index is 12.1. The van der Waals surface area contributed by atoms with Crippen LogP contribution < -0.4 is 14.8 Å². The van der Waals surface area contributed by atoms with Gasteiger partial charge in [-0.25, -0.2) is 0 Å². The number of carbonyl (C=O) groups excluding carboxylic acids is 1. The number of nitrogens with one attached hydrogen (secondary N) is 1. The standard InChI is InChI=1S/C22H27ClN2O4/c23-17-2-6-20(7-3-17)28-15-1-12-25-13-10-18(11-14-25)24-22(27)16-29-21-8-4-19(26)5-9-21/h2-9,18,26H,1,10-16H2,(H,24,27). The first-order chi connectivity index (χ1) is 14.1. The Morgan fingerprint density at radius 1 is 1.03 bits per heavy atom. The summed E-state index contributed by atoms with van der Waals surface area (Å²) in [4.78, 5) is 14.5. The third-order valence-corrected chi connectivity index (χ3v) is 5.11. The minimum Gasteiger partial charge on any atom is -0.508 e. The molecule has 0 bridgehead atoms. The molecule has 0 aliphatic carbocycles. The van der Waals surface area contributed by atoms with Gasteiger partial charge in [-0.05, 0) is 67.8 Å². The molecule has 3 rings (SSSR count). The lowest BCUT2D eigenvalue weighted by Gasteiger charge is -2.32. The smallest absolute Gasteiger partial charge is 0.258 e. The topological polar surface area (TPSA) is 71.0 Å². The average Bonchev–Trinajstić information content (AvgIpc) is 2.73. The van der Waals surface area contributed by atoms with Crippen molar-refractivity contribution in [2.45, 2.75) is 25.3 Å². The zero-order valence-corrected chi connectivity index (χ0v) is 17.1. The van der Waals surface area contributed by atoms with Gasteiger partial charge in [0.1, 0.15) is 17.2 Å². The van der Waals surface area contributed by atoms with Crippen LogP contribution in [0.3, 0.4) is 0 Å². The first-order valence-electron chi connectivity index (χ1n) is 9.90. The molecule has 1 aliphatic rings. The SMILES string of the molecule is O=C(COc1ccc(O)cc1)NC1CCN(CCCOc2ccc(Cl)cc2)CC1. The number of benzene rings is 2. The quantitative estimate of drug-likeness (QED) is 0.610. The summed E-state index contributed by atoms with van der Waals surface area (Å²) in [5.74, 6) is 1.46. The van der Waals surface area contributed by atoms with Crippen LogP contribution in [0.4, 0.5) is 0 Å². The van der Waals surface area contributed by atoms with Crippen molar-refractivity contribution >= 4 is 17.5 Å². The van der Waals surface area contributed by atoms with E-state index in [1.807, 2.05) is 24.3 Å². The highest BCUT2D eigenvalue weighted by Gasteiger charge is 2.20. The number of ether oxygens (including phenoxy) is 2. The van der Waals surface area contributed by atoms with E-state index in [9.17, 15) is 9.90 Å². The van der Waals surface area contributed by atoms with Crippen LogP contribution in [-0.4, -0.2) is 54.8 Å². The van der Waals surface area contributed by atoms with E-state index in [0.29, 0.717) is 17.4 Å². The van der Waals surface area contributed by atoms with E-state index in [1.54, 1.807) is 12.1 Å². The van der Waals surface area contributed by atoms with Crippen molar-refractivity contribution in [2.75, 3.05) is 32.8 Å². The van der Waals surface area contributed by atoms with Gasteiger partial charge in [0.25, 0.3) is 5.91 Å². The normalized spacial score (nSPS) is 15.1. The number of rotatable bonds is 9. The monoisotopic (exact) mass is 418 g/mol. The molecule has 2 aromatic carbocycles. The van der Waals surface area contributed by atoms with Crippen molar-refractivity contribution in [2.24, 2.45) is 0 Å². The fraction of sp³-hybridized carbons (Fsp3) is 0.409. The Morgan fingerprint density at radius 3 is 2.34 bits per heavy atom. The van der Waals surface area contributed by atoms with Crippen molar-refractivity contribution in [1.82, 2.24) is 10.2 Å². The molecular formula is C22H27ClN2O4. The van der Waals surface area contributed by atoms with E-state index in [4.69, 9.17) is 21.1 Å². The number of hydrogen-bond donors (Lipinski definition) is 2. The number of likely N-dealkylation sites (tertiary alicyclic amines) is 1. The van der Waals surface area contributed by atoms with Crippen molar-refractivity contribution in [1.29, 1.82) is 0 Å². The summed E-state index contributed by atoms with van der Waals surface area (Å²) >= 11 is 5.86. The first kappa shape index (κ1) is 21.3. The molecule has 0 spiro atoms. The average molecular weight is 419 g/mol. The van der Waals surface area contributed by atoms with E-state index in [0.717, 1.165) is 44.6 Å². The molecular weight excluding hydrogens is 392 g/mol. The zero-order chi connectivity index (χ0) is 20.5. The Bertz CT molecular complexity index is 759. The lowest BCUT2D eigenvalue weighted by Crippen LogP contribution is -2.46. The van der Waals surface area contributed by atoms with Gasteiger partial charge >= 0.3 is 0 Å². The minimum absolute atomic E-state index is 0.0208. The van der Waals surface area contributed by atoms with Crippen molar-refractivity contribution in [3.63, 3.8) is 0 Å². The Morgan fingerprint density at radius 2 is 1.66 bits per heavy atom. The van der Waals surface area contributed by atoms with Gasteiger partial charge in [-0.1, -0.05) is 11.6 Å². The van der Waals surface area contributed by atoms with Crippen molar-refractivity contribution < 1.29 is 19.4 Å². The number of phenols is 1. The number of nitrogens with zero attached hydrogens (tertiary/aromatic N) is 1. The second-order valence-corrected chi connectivity index (χ2v) is 7.56. The molecule has 2 aromatic rings. The predicted octanol–water partition coefficient (Wildman–Crippen LogP) is 3.47. The van der Waals surface area contributed by atoms with Crippen LogP contribution in [0.5, 0.6) is 17.2 Å². The van der Waals surface area contributed by atoms with E-state index in [2.05, 4.69) is 10.2 Å². The van der Waals surface area contributed by atoms with Crippen molar-refractivity contribution in [3.8, 4) is 17.2 Å². The number of halogens is 1. The molecule has 0 radical (unpaired) electrons. The molecule has 1 fully saturated rings. The summed E-state index contributed by atoms with van der Waals surface area (Å²) in [6, 6.07) is 13.9. The molecule has 7 heteroatoms. The fourth-order valence-corrected chi connectivity index (χ4v) is 3.40. The largest absolute Gasteiger partial charge is 0.508 e. The summed E-state index contributed by atoms with van der Waals surface area (Å²) in [6.45, 7) is 3.56. The van der Waals surface area contributed by atoms with E-state index in [1.165, 1.54) is 12.1 Å². The fourth-order valence-electron chi connectivity index (χ4n) is 3.27. The molecule has 0 unspecified atom stereocenters. The maximum absolute atomic E-state index is 12.1. The van der Waals surface area contributed by atoms with E-state index in [-0.39, 0.29) is 24.3 Å². The Hall–Kier alpha value is -2.44. The Kier molecular flexibility index (Phi) is 8.02. The van der Waals surface area contributed by atoms with Gasteiger partial charge in [0.15, 0.2) is 6.61 Å². The van der Waals surface area contributed by atoms with Crippen LogP contribution in [0.2, 0.25) is 5.02 Å². The first-order valence-corrected chi connectivity index (χ1v) is 10.3. The summed E-state index contributed by atoms with van der Waals surface area (Å²) in [5, 5.41) is 13.0. The lowest BCUT2D eigenvalue weighted by atomic mass is 10.0. The molecule has 0 atom stereocenters. The third kappa shape index (κ3) is 7.48. The second-order valence-electron chi connectivity index (χ2n) is 7.12. The lowest BCUT2D eigenvalue weighted by molar-refractivity contribution is -0.124. The Labute approximate surface area is 176 Å². The molecule has 0 aromatic heterocycles. The molecule has 1 saturated heterocycles. The number of amides is 1. The van der Waals surface area contributed by atoms with Crippen LogP contribution >= 0.6 is 11.6 Å². The number of carbonyl (C=O) groups is 1. The van der Waals surface area contributed by atoms with E-state index >= 15 is 0 Å². The van der Waals surface area contributed by atoms with Crippen LogP contribution in [0.15, 0.2) is 48.5 Å². The van der Waals surface area contributed by atoms with Gasteiger partial charge in [0, 0.05) is 30.7 Å². The summed E-state index contributed by atoms with van der Waals surface area (Å²) in [6.07, 6.45) is 2.83. The van der Waals surface area contributed by atoms with Gasteiger partial charge in [0.2, 0.25) is 0 Å². The molecule has 1 amide bonds. The molecule has 156 valence electrons. The van der Waals surface area contributed by atoms with E-state index < -0.39 is 0 Å². The van der Waals surface area contributed by atoms with Crippen LogP contribution in [0, 0.1) is 0 Å². The van der Waals surface area contributed by atoms with Crippen molar-refractivity contribution in [3.05, 3.63) is 53.6 Å². The predicted molar refractivity (Wildman–Crippen MR) is 113 cm³/mol. The maximum Gasteiger partial charge on any atom is 0.258 e. The van der Waals surface area contributed by atoms with Gasteiger partial charge in [0.05, 0.1) is 6.61 Å². The third-order valence-electron chi connectivity index (χ3n) is 4.86. The zero-order valence-electron chi connectivity index (χ0n) is 16.4. The van der Waals surface area contributed by atoms with Gasteiger partial charge in [-0.15, -0.1) is 0 Å². The Balaban J connectivity index is 1.26. The molecule has 29 heavy (non-hydrogen) atoms. The van der Waals surface area contributed by atoms with Gasteiger partial charge < -0.3 is 24.8 Å².